The molecule has 0 unspecified atom stereocenters. The fourth-order valence-corrected chi connectivity index (χ4v) is 2.62. The summed E-state index contributed by atoms with van der Waals surface area (Å²) in [6.07, 6.45) is 0.718. The summed E-state index contributed by atoms with van der Waals surface area (Å²) in [5.41, 5.74) is -1.59. The fraction of sp³-hybridized carbons (Fsp3) is 0.0909. The Labute approximate surface area is 123 Å². The van der Waals surface area contributed by atoms with E-state index in [1.807, 2.05) is 4.72 Å². The van der Waals surface area contributed by atoms with Crippen LogP contribution < -0.4 is 10.0 Å². The molecule has 0 aliphatic carbocycles. The van der Waals surface area contributed by atoms with Crippen LogP contribution in [0.25, 0.3) is 0 Å². The number of rotatable bonds is 4. The lowest BCUT2D eigenvalue weighted by molar-refractivity contribution is 0.209. The van der Waals surface area contributed by atoms with Gasteiger partial charge >= 0.3 is 6.09 Å². The van der Waals surface area contributed by atoms with E-state index in [0.29, 0.717) is 0 Å². The zero-order chi connectivity index (χ0) is 16.5. The molecule has 1 amide bonds. The number of carbonyl (C=O) groups is 1. The van der Waals surface area contributed by atoms with Gasteiger partial charge in [-0.3, -0.25) is 10.0 Å². The number of nitrogens with zero attached hydrogens (tertiary/aromatic N) is 2. The van der Waals surface area contributed by atoms with E-state index in [1.54, 1.807) is 7.05 Å². The molecule has 2 aromatic rings. The standard InChI is InChI=1S/C11H10F2N4O4S/c1-17-4-8(14-5-17)22(20,21)16-7-3-2-6(12)10(9(7)13)15-11(18)19/h2-5,15-16H,1H3,(H,18,19). The highest BCUT2D eigenvalue weighted by Crippen LogP contribution is 2.27. The number of aryl methyl sites for hydroxylation is 1. The molecule has 0 bridgehead atoms. The lowest BCUT2D eigenvalue weighted by Crippen LogP contribution is -2.16. The van der Waals surface area contributed by atoms with Crippen molar-refractivity contribution in [1.29, 1.82) is 0 Å². The van der Waals surface area contributed by atoms with Crippen molar-refractivity contribution in [3.8, 4) is 0 Å². The second-order valence-electron chi connectivity index (χ2n) is 4.20. The number of sulfonamides is 1. The van der Waals surface area contributed by atoms with Gasteiger partial charge in [-0.15, -0.1) is 0 Å². The predicted molar refractivity (Wildman–Crippen MR) is 72.0 cm³/mol. The van der Waals surface area contributed by atoms with Gasteiger partial charge < -0.3 is 9.67 Å². The molecule has 1 aromatic carbocycles. The van der Waals surface area contributed by atoms with Gasteiger partial charge in [0.1, 0.15) is 11.5 Å². The number of carboxylic acid groups (broad SMARTS) is 1. The molecule has 0 spiro atoms. The van der Waals surface area contributed by atoms with Crippen molar-refractivity contribution >= 4 is 27.5 Å². The zero-order valence-corrected chi connectivity index (χ0v) is 11.9. The summed E-state index contributed by atoms with van der Waals surface area (Å²) in [7, 11) is -2.65. The molecule has 118 valence electrons. The molecule has 11 heteroatoms. The lowest BCUT2D eigenvalue weighted by Gasteiger charge is -2.10. The molecular formula is C11H10F2N4O4S. The van der Waals surface area contributed by atoms with E-state index < -0.39 is 39.1 Å². The summed E-state index contributed by atoms with van der Waals surface area (Å²) >= 11 is 0. The Morgan fingerprint density at radius 2 is 2.05 bits per heavy atom. The molecule has 1 heterocycles. The molecule has 0 aliphatic heterocycles. The average molecular weight is 332 g/mol. The third-order valence-electron chi connectivity index (χ3n) is 2.52. The second-order valence-corrected chi connectivity index (χ2v) is 5.83. The molecule has 8 nitrogen and oxygen atoms in total. The Morgan fingerprint density at radius 1 is 1.36 bits per heavy atom. The van der Waals surface area contributed by atoms with E-state index in [1.165, 1.54) is 22.4 Å². The van der Waals surface area contributed by atoms with Gasteiger partial charge in [-0.05, 0) is 12.1 Å². The van der Waals surface area contributed by atoms with Crippen molar-refractivity contribution in [3.05, 3.63) is 36.3 Å². The molecule has 0 radical (unpaired) electrons. The first-order chi connectivity index (χ1) is 10.2. The SMILES string of the molecule is Cn1cnc(S(=O)(=O)Nc2ccc(F)c(NC(=O)O)c2F)c1. The molecule has 3 N–H and O–H groups in total. The van der Waals surface area contributed by atoms with E-state index in [9.17, 15) is 22.0 Å². The lowest BCUT2D eigenvalue weighted by atomic mass is 10.2. The highest BCUT2D eigenvalue weighted by atomic mass is 32.2. The number of benzene rings is 1. The summed E-state index contributed by atoms with van der Waals surface area (Å²) in [6.45, 7) is 0. The number of nitrogens with one attached hydrogen (secondary N) is 2. The van der Waals surface area contributed by atoms with Crippen LogP contribution in [0.5, 0.6) is 0 Å². The summed E-state index contributed by atoms with van der Waals surface area (Å²) < 4.78 is 54.7. The van der Waals surface area contributed by atoms with Gasteiger partial charge in [-0.2, -0.15) is 8.42 Å². The highest BCUT2D eigenvalue weighted by molar-refractivity contribution is 7.92. The van der Waals surface area contributed by atoms with E-state index in [4.69, 9.17) is 5.11 Å². The number of hydrogen-bond donors (Lipinski definition) is 3. The topological polar surface area (TPSA) is 113 Å². The van der Waals surface area contributed by atoms with Crippen molar-refractivity contribution in [2.75, 3.05) is 10.0 Å². The van der Waals surface area contributed by atoms with Gasteiger partial charge in [0.05, 0.1) is 12.0 Å². The van der Waals surface area contributed by atoms with E-state index in [0.717, 1.165) is 12.1 Å². The smallest absolute Gasteiger partial charge is 0.409 e. The van der Waals surface area contributed by atoms with Crippen LogP contribution in [0.2, 0.25) is 0 Å². The Morgan fingerprint density at radius 3 is 2.59 bits per heavy atom. The van der Waals surface area contributed by atoms with Crippen molar-refractivity contribution in [3.63, 3.8) is 0 Å². The van der Waals surface area contributed by atoms with Crippen LogP contribution in [-0.2, 0) is 17.1 Å². The van der Waals surface area contributed by atoms with Crippen LogP contribution in [0, 0.1) is 11.6 Å². The minimum atomic E-state index is -4.19. The summed E-state index contributed by atoms with van der Waals surface area (Å²) in [5, 5.41) is 9.68. The Balaban J connectivity index is 2.40. The van der Waals surface area contributed by atoms with Gasteiger partial charge in [0.15, 0.2) is 10.8 Å². The molecular weight excluding hydrogens is 322 g/mol. The fourth-order valence-electron chi connectivity index (χ4n) is 1.58. The van der Waals surface area contributed by atoms with Crippen LogP contribution in [0.3, 0.4) is 0 Å². The minimum Gasteiger partial charge on any atom is -0.465 e. The highest BCUT2D eigenvalue weighted by Gasteiger charge is 2.22. The molecule has 0 fully saturated rings. The second kappa shape index (κ2) is 5.60. The van der Waals surface area contributed by atoms with Gasteiger partial charge in [0.2, 0.25) is 0 Å². The minimum absolute atomic E-state index is 0.369. The van der Waals surface area contributed by atoms with Gasteiger partial charge in [0, 0.05) is 13.2 Å². The Kier molecular flexibility index (Phi) is 3.99. The normalized spacial score (nSPS) is 11.2. The predicted octanol–water partition coefficient (Wildman–Crippen LogP) is 1.59. The van der Waals surface area contributed by atoms with Crippen LogP contribution in [-0.4, -0.2) is 29.2 Å². The molecule has 0 saturated heterocycles. The average Bonchev–Trinajstić information content (AvgIpc) is 2.85. The number of imidazole rings is 1. The first kappa shape index (κ1) is 15.7. The first-order valence-corrected chi connectivity index (χ1v) is 7.18. The molecule has 0 atom stereocenters. The summed E-state index contributed by atoms with van der Waals surface area (Å²) in [6, 6.07) is 1.56. The summed E-state index contributed by atoms with van der Waals surface area (Å²) in [5.74, 6) is -2.57. The largest absolute Gasteiger partial charge is 0.465 e. The van der Waals surface area contributed by atoms with Crippen LogP contribution in [0.4, 0.5) is 25.0 Å². The molecule has 1 aromatic heterocycles. The van der Waals surface area contributed by atoms with Crippen LogP contribution >= 0.6 is 0 Å². The number of hydrogen-bond acceptors (Lipinski definition) is 4. The van der Waals surface area contributed by atoms with Crippen molar-refractivity contribution in [1.82, 2.24) is 9.55 Å². The number of aromatic nitrogens is 2. The van der Waals surface area contributed by atoms with Crippen LogP contribution in [0.15, 0.2) is 29.7 Å². The maximum Gasteiger partial charge on any atom is 0.409 e. The number of halogens is 2. The molecule has 0 saturated carbocycles. The first-order valence-electron chi connectivity index (χ1n) is 5.69. The third-order valence-corrected chi connectivity index (χ3v) is 3.77. The number of anilines is 2. The summed E-state index contributed by atoms with van der Waals surface area (Å²) in [4.78, 5) is 14.1. The monoisotopic (exact) mass is 332 g/mol. The van der Waals surface area contributed by atoms with Crippen molar-refractivity contribution < 1.29 is 27.1 Å². The number of amides is 1. The molecule has 22 heavy (non-hydrogen) atoms. The Hall–Kier alpha value is -2.69. The van der Waals surface area contributed by atoms with E-state index in [2.05, 4.69) is 4.98 Å². The quantitative estimate of drug-likeness (QED) is 0.787. The van der Waals surface area contributed by atoms with Gasteiger partial charge in [0.25, 0.3) is 10.0 Å². The van der Waals surface area contributed by atoms with Crippen LogP contribution in [0.1, 0.15) is 0 Å². The van der Waals surface area contributed by atoms with E-state index >= 15 is 0 Å². The molecule has 0 aliphatic rings. The Bertz CT molecular complexity index is 835. The molecule has 2 rings (SSSR count). The maximum atomic E-state index is 14.0. The van der Waals surface area contributed by atoms with Gasteiger partial charge in [-0.1, -0.05) is 0 Å². The van der Waals surface area contributed by atoms with Gasteiger partial charge in [-0.25, -0.2) is 18.6 Å². The van der Waals surface area contributed by atoms with E-state index in [-0.39, 0.29) is 5.03 Å². The third kappa shape index (κ3) is 3.14. The zero-order valence-electron chi connectivity index (χ0n) is 11.0. The van der Waals surface area contributed by atoms with Crippen molar-refractivity contribution in [2.45, 2.75) is 5.03 Å². The van der Waals surface area contributed by atoms with Crippen molar-refractivity contribution in [2.24, 2.45) is 7.05 Å². The maximum absolute atomic E-state index is 14.0.